The van der Waals surface area contributed by atoms with E-state index in [1.54, 1.807) is 6.92 Å². The molecule has 7 heteroatoms. The van der Waals surface area contributed by atoms with Crippen molar-refractivity contribution in [1.82, 2.24) is 4.98 Å². The van der Waals surface area contributed by atoms with Gasteiger partial charge < -0.3 is 9.29 Å². The number of pyridine rings is 1. The van der Waals surface area contributed by atoms with E-state index in [1.165, 1.54) is 12.1 Å². The molecule has 1 aromatic heterocycles. The van der Waals surface area contributed by atoms with Gasteiger partial charge in [-0.05, 0) is 19.1 Å². The van der Waals surface area contributed by atoms with Crippen molar-refractivity contribution in [2.24, 2.45) is 0 Å². The first-order valence-electron chi connectivity index (χ1n) is 4.80. The lowest BCUT2D eigenvalue weighted by atomic mass is 10.1. The van der Waals surface area contributed by atoms with Gasteiger partial charge in [0.1, 0.15) is 6.42 Å². The van der Waals surface area contributed by atoms with Gasteiger partial charge in [-0.3, -0.25) is 9.59 Å². The summed E-state index contributed by atoms with van der Waals surface area (Å²) in [5.41, 5.74) is 0.201. The van der Waals surface area contributed by atoms with Crippen LogP contribution in [0, 0.1) is 0 Å². The number of esters is 1. The molecule has 0 aliphatic heterocycles. The summed E-state index contributed by atoms with van der Waals surface area (Å²) in [6.45, 7) is 1.86. The normalized spacial score (nSPS) is 11.9. The number of carbonyl (C=O) groups is 2. The highest BCUT2D eigenvalue weighted by molar-refractivity contribution is 7.79. The fourth-order valence-electron chi connectivity index (χ4n) is 1.09. The summed E-state index contributed by atoms with van der Waals surface area (Å²) < 4.78 is 24.0. The summed E-state index contributed by atoms with van der Waals surface area (Å²) in [5.74, 6) is -1.04. The van der Waals surface area contributed by atoms with Crippen LogP contribution in [0.15, 0.2) is 23.4 Å². The van der Waals surface area contributed by atoms with Gasteiger partial charge in [-0.1, -0.05) is 0 Å². The van der Waals surface area contributed by atoms with Crippen LogP contribution in [0.25, 0.3) is 0 Å². The third kappa shape index (κ3) is 4.04. The molecule has 17 heavy (non-hydrogen) atoms. The van der Waals surface area contributed by atoms with Crippen LogP contribution >= 0.6 is 0 Å². The molecular weight excluding hydrogens is 246 g/mol. The fraction of sp³-hybridized carbons (Fsp3) is 0.300. The van der Waals surface area contributed by atoms with Crippen molar-refractivity contribution in [2.45, 2.75) is 18.4 Å². The third-order valence-electron chi connectivity index (χ3n) is 1.85. The van der Waals surface area contributed by atoms with Crippen LogP contribution < -0.4 is 0 Å². The van der Waals surface area contributed by atoms with E-state index in [1.807, 2.05) is 0 Å². The van der Waals surface area contributed by atoms with Crippen molar-refractivity contribution in [3.63, 3.8) is 0 Å². The topological polar surface area (TPSA) is 93.6 Å². The molecule has 0 aromatic carbocycles. The molecule has 0 aliphatic carbocycles. The quantitative estimate of drug-likeness (QED) is 0.363. The minimum Gasteiger partial charge on any atom is -0.466 e. The van der Waals surface area contributed by atoms with Crippen molar-refractivity contribution in [3.8, 4) is 0 Å². The molecular formula is C10H11NO5S. The first kappa shape index (κ1) is 13.5. The molecule has 0 radical (unpaired) electrons. The molecule has 0 spiro atoms. The fourth-order valence-corrected chi connectivity index (χ4v) is 1.42. The summed E-state index contributed by atoms with van der Waals surface area (Å²) in [6.07, 6.45) is 0.794. The van der Waals surface area contributed by atoms with E-state index >= 15 is 0 Å². The number of hydrogen-bond donors (Lipinski definition) is 1. The van der Waals surface area contributed by atoms with E-state index in [0.717, 1.165) is 6.20 Å². The maximum atomic E-state index is 11.5. The standard InChI is InChI=1S/C10H11NO5S/c1-2-16-10(13)5-8(12)7-3-4-9(11-6-7)17(14)15/h3-4,6H,2,5H2,1H3,(H,14,15). The molecule has 1 heterocycles. The Bertz CT molecular complexity index is 443. The van der Waals surface area contributed by atoms with Crippen LogP contribution in [0.1, 0.15) is 23.7 Å². The molecule has 1 N–H and O–H groups in total. The molecule has 92 valence electrons. The highest BCUT2D eigenvalue weighted by Gasteiger charge is 2.13. The number of rotatable bonds is 5. The number of Topliss-reactive ketones (excluding diaryl/α,β-unsaturated/α-hetero) is 1. The first-order chi connectivity index (χ1) is 8.04. The number of aromatic nitrogens is 1. The van der Waals surface area contributed by atoms with Gasteiger partial charge in [-0.2, -0.15) is 0 Å². The highest BCUT2D eigenvalue weighted by Crippen LogP contribution is 2.06. The number of ether oxygens (including phenoxy) is 1. The summed E-state index contributed by atoms with van der Waals surface area (Å²) in [6, 6.07) is 2.60. The van der Waals surface area contributed by atoms with E-state index in [0.29, 0.717) is 0 Å². The number of carbonyl (C=O) groups excluding carboxylic acids is 2. The molecule has 1 unspecified atom stereocenters. The maximum absolute atomic E-state index is 11.5. The zero-order chi connectivity index (χ0) is 12.8. The Labute approximate surface area is 100 Å². The van der Waals surface area contributed by atoms with Gasteiger partial charge >= 0.3 is 5.97 Å². The molecule has 0 saturated carbocycles. The van der Waals surface area contributed by atoms with Crippen molar-refractivity contribution < 1.29 is 23.1 Å². The van der Waals surface area contributed by atoms with E-state index in [9.17, 15) is 13.8 Å². The van der Waals surface area contributed by atoms with Gasteiger partial charge in [0.05, 0.1) is 6.61 Å². The van der Waals surface area contributed by atoms with Crippen molar-refractivity contribution in [3.05, 3.63) is 23.9 Å². The van der Waals surface area contributed by atoms with Gasteiger partial charge in [0.25, 0.3) is 0 Å². The molecule has 1 atom stereocenters. The molecule has 0 bridgehead atoms. The molecule has 0 amide bonds. The van der Waals surface area contributed by atoms with Crippen LogP contribution in [0.3, 0.4) is 0 Å². The monoisotopic (exact) mass is 257 g/mol. The summed E-state index contributed by atoms with van der Waals surface area (Å²) >= 11 is -2.18. The predicted molar refractivity (Wildman–Crippen MR) is 58.9 cm³/mol. The SMILES string of the molecule is CCOC(=O)CC(=O)c1ccc(S(=O)O)nc1. The van der Waals surface area contributed by atoms with Crippen LogP contribution in [0.5, 0.6) is 0 Å². The predicted octanol–water partition coefficient (Wildman–Crippen LogP) is 0.798. The number of ketones is 1. The van der Waals surface area contributed by atoms with Gasteiger partial charge in [-0.25, -0.2) is 9.19 Å². The average molecular weight is 257 g/mol. The molecule has 1 rings (SSSR count). The summed E-state index contributed by atoms with van der Waals surface area (Å²) in [5, 5.41) is -0.0438. The van der Waals surface area contributed by atoms with Crippen LogP contribution in [-0.2, 0) is 20.6 Å². The number of nitrogens with zero attached hydrogens (tertiary/aromatic N) is 1. The Hall–Kier alpha value is -1.60. The van der Waals surface area contributed by atoms with Gasteiger partial charge in [0.15, 0.2) is 10.8 Å². The number of hydrogen-bond acceptors (Lipinski definition) is 5. The summed E-state index contributed by atoms with van der Waals surface area (Å²) in [7, 11) is 0. The van der Waals surface area contributed by atoms with Crippen LogP contribution in [-0.4, -0.2) is 32.1 Å². The van der Waals surface area contributed by atoms with Crippen molar-refractivity contribution in [1.29, 1.82) is 0 Å². The lowest BCUT2D eigenvalue weighted by Crippen LogP contribution is -2.11. The average Bonchev–Trinajstić information content (AvgIpc) is 2.29. The molecule has 1 aromatic rings. The smallest absolute Gasteiger partial charge is 0.313 e. The second-order valence-electron chi connectivity index (χ2n) is 3.04. The first-order valence-corrected chi connectivity index (χ1v) is 5.91. The van der Waals surface area contributed by atoms with E-state index in [-0.39, 0.29) is 23.6 Å². The summed E-state index contributed by atoms with van der Waals surface area (Å²) in [4.78, 5) is 26.2. The maximum Gasteiger partial charge on any atom is 0.313 e. The Kier molecular flexibility index (Phi) is 4.92. The highest BCUT2D eigenvalue weighted by atomic mass is 32.2. The molecule has 0 fully saturated rings. The van der Waals surface area contributed by atoms with Crippen molar-refractivity contribution >= 4 is 22.8 Å². The van der Waals surface area contributed by atoms with Gasteiger partial charge in [0, 0.05) is 11.8 Å². The van der Waals surface area contributed by atoms with Crippen molar-refractivity contribution in [2.75, 3.05) is 6.61 Å². The Morgan fingerprint density at radius 3 is 2.65 bits per heavy atom. The van der Waals surface area contributed by atoms with Crippen LogP contribution in [0.4, 0.5) is 0 Å². The zero-order valence-electron chi connectivity index (χ0n) is 9.08. The Balaban J connectivity index is 2.70. The van der Waals surface area contributed by atoms with Crippen LogP contribution in [0.2, 0.25) is 0 Å². The van der Waals surface area contributed by atoms with E-state index < -0.39 is 22.8 Å². The van der Waals surface area contributed by atoms with Gasteiger partial charge in [0.2, 0.25) is 11.1 Å². The zero-order valence-corrected chi connectivity index (χ0v) is 9.90. The Morgan fingerprint density at radius 2 is 2.18 bits per heavy atom. The third-order valence-corrected chi connectivity index (χ3v) is 2.45. The molecule has 0 aliphatic rings. The second-order valence-corrected chi connectivity index (χ2v) is 3.96. The van der Waals surface area contributed by atoms with Gasteiger partial charge in [-0.15, -0.1) is 0 Å². The second kappa shape index (κ2) is 6.21. The lowest BCUT2D eigenvalue weighted by molar-refractivity contribution is -0.141. The molecule has 6 nitrogen and oxygen atoms in total. The minimum absolute atomic E-state index is 0.0438. The van der Waals surface area contributed by atoms with E-state index in [4.69, 9.17) is 4.55 Å². The lowest BCUT2D eigenvalue weighted by Gasteiger charge is -2.01. The Morgan fingerprint density at radius 1 is 1.47 bits per heavy atom. The largest absolute Gasteiger partial charge is 0.466 e. The minimum atomic E-state index is -2.18. The molecule has 0 saturated heterocycles. The van der Waals surface area contributed by atoms with E-state index in [2.05, 4.69) is 9.72 Å².